The van der Waals surface area contributed by atoms with Crippen molar-refractivity contribution in [2.45, 2.75) is 70.4 Å². The first-order chi connectivity index (χ1) is 15.8. The Morgan fingerprint density at radius 2 is 1.45 bits per heavy atom. The highest BCUT2D eigenvalue weighted by Crippen LogP contribution is 2.08. The Kier molecular flexibility index (Phi) is 18.6. The van der Waals surface area contributed by atoms with Crippen LogP contribution >= 0.6 is 0 Å². The molecule has 0 amide bonds. The highest BCUT2D eigenvalue weighted by Gasteiger charge is 2.15. The molecule has 0 aromatic carbocycles. The van der Waals surface area contributed by atoms with Gasteiger partial charge in [0.2, 0.25) is 0 Å². The lowest BCUT2D eigenvalue weighted by Crippen LogP contribution is -2.25. The number of rotatable bonds is 17. The van der Waals surface area contributed by atoms with Gasteiger partial charge in [-0.1, -0.05) is 67.7 Å². The van der Waals surface area contributed by atoms with Gasteiger partial charge in [0.15, 0.2) is 0 Å². The third-order valence-corrected chi connectivity index (χ3v) is 4.17. The molecule has 4 atom stereocenters. The van der Waals surface area contributed by atoms with Crippen molar-refractivity contribution in [3.05, 3.63) is 60.8 Å². The Hall–Kier alpha value is -2.52. The van der Waals surface area contributed by atoms with E-state index in [4.69, 9.17) is 4.74 Å². The Morgan fingerprint density at radius 3 is 2.09 bits per heavy atom. The van der Waals surface area contributed by atoms with Crippen molar-refractivity contribution in [2.24, 2.45) is 0 Å². The molecule has 0 unspecified atom stereocenters. The molecule has 0 bridgehead atoms. The average Bonchev–Trinajstić information content (AvgIpc) is 2.77. The lowest BCUT2D eigenvalue weighted by atomic mass is 10.1. The first-order valence-electron chi connectivity index (χ1n) is 11.1. The molecule has 0 heterocycles. The van der Waals surface area contributed by atoms with E-state index in [-0.39, 0.29) is 26.1 Å². The number of carbonyl (C=O) groups excluding carboxylic acids is 2. The number of hydrogen-bond donors (Lipinski definition) is 4. The van der Waals surface area contributed by atoms with Gasteiger partial charge in [-0.15, -0.1) is 0 Å². The van der Waals surface area contributed by atoms with Crippen molar-refractivity contribution in [3.8, 4) is 0 Å². The monoisotopic (exact) mass is 466 g/mol. The molecule has 4 N–H and O–H groups in total. The summed E-state index contributed by atoms with van der Waals surface area (Å²) in [4.78, 5) is 22.2. The van der Waals surface area contributed by atoms with Crippen LogP contribution in [-0.4, -0.2) is 70.0 Å². The number of aliphatic hydroxyl groups excluding tert-OH is 4. The summed E-state index contributed by atoms with van der Waals surface area (Å²) in [5.41, 5.74) is 0. The van der Waals surface area contributed by atoms with Crippen LogP contribution < -0.4 is 0 Å². The Balaban J connectivity index is 4.04. The quantitative estimate of drug-likeness (QED) is 0.146. The van der Waals surface area contributed by atoms with Gasteiger partial charge in [-0.3, -0.25) is 9.59 Å². The molecular formula is C25H38O8. The lowest BCUT2D eigenvalue weighted by molar-refractivity contribution is -0.151. The van der Waals surface area contributed by atoms with E-state index in [0.717, 1.165) is 6.42 Å². The van der Waals surface area contributed by atoms with Crippen molar-refractivity contribution in [1.29, 1.82) is 0 Å². The van der Waals surface area contributed by atoms with Crippen LogP contribution in [0.1, 0.15) is 46.0 Å². The van der Waals surface area contributed by atoms with Gasteiger partial charge in [0.1, 0.15) is 19.3 Å². The number of allylic oxidation sites excluding steroid dienone is 7. The van der Waals surface area contributed by atoms with Crippen molar-refractivity contribution in [2.75, 3.05) is 13.2 Å². The van der Waals surface area contributed by atoms with Gasteiger partial charge in [-0.05, 0) is 25.7 Å². The van der Waals surface area contributed by atoms with Gasteiger partial charge in [0.05, 0.1) is 18.3 Å². The minimum Gasteiger partial charge on any atom is -0.463 e. The van der Waals surface area contributed by atoms with E-state index in [1.165, 1.54) is 13.0 Å². The Bertz CT molecular complexity index is 678. The second-order valence-corrected chi connectivity index (χ2v) is 7.31. The van der Waals surface area contributed by atoms with Crippen LogP contribution in [0.5, 0.6) is 0 Å². The largest absolute Gasteiger partial charge is 0.463 e. The number of aliphatic hydroxyl groups is 4. The zero-order valence-corrected chi connectivity index (χ0v) is 19.5. The third-order valence-electron chi connectivity index (χ3n) is 4.17. The van der Waals surface area contributed by atoms with Crippen molar-refractivity contribution in [3.63, 3.8) is 0 Å². The molecule has 0 aliphatic rings. The SMILES string of the molecule is CC/C=C\C[C@@H](O)/C=C/C=C/C=C\C=C/[C@H](O)[C@@H](O)CCCC(=O)OC[C@H](O)COC(C)=O. The number of hydrogen-bond acceptors (Lipinski definition) is 8. The highest BCUT2D eigenvalue weighted by molar-refractivity contribution is 5.69. The highest BCUT2D eigenvalue weighted by atomic mass is 16.6. The van der Waals surface area contributed by atoms with Crippen LogP contribution in [0.25, 0.3) is 0 Å². The van der Waals surface area contributed by atoms with E-state index in [2.05, 4.69) is 4.74 Å². The molecule has 0 spiro atoms. The van der Waals surface area contributed by atoms with Gasteiger partial charge in [-0.2, -0.15) is 0 Å². The van der Waals surface area contributed by atoms with Crippen LogP contribution in [0.4, 0.5) is 0 Å². The molecule has 0 saturated heterocycles. The summed E-state index contributed by atoms with van der Waals surface area (Å²) in [6.07, 6.45) is 15.8. The van der Waals surface area contributed by atoms with Gasteiger partial charge >= 0.3 is 11.9 Å². The van der Waals surface area contributed by atoms with Gasteiger partial charge < -0.3 is 29.9 Å². The summed E-state index contributed by atoms with van der Waals surface area (Å²) in [5, 5.41) is 39.1. The van der Waals surface area contributed by atoms with Crippen LogP contribution in [0.2, 0.25) is 0 Å². The molecule has 186 valence electrons. The summed E-state index contributed by atoms with van der Waals surface area (Å²) in [7, 11) is 0. The summed E-state index contributed by atoms with van der Waals surface area (Å²) < 4.78 is 9.45. The number of esters is 2. The molecule has 8 heteroatoms. The average molecular weight is 467 g/mol. The predicted octanol–water partition coefficient (Wildman–Crippen LogP) is 2.29. The standard InChI is InChI=1S/C25H38O8/c1-3-4-9-13-21(27)14-10-7-5-6-8-11-15-23(29)24(30)16-12-17-25(31)33-19-22(28)18-32-20(2)26/h4-11,14-15,21-24,27-30H,3,12-13,16-19H2,1-2H3/b7-5+,8-6-,9-4-,14-10+,15-11-/t21-,22-,23+,24+/m1/s1. The fourth-order valence-corrected chi connectivity index (χ4v) is 2.39. The molecule has 0 rings (SSSR count). The van der Waals surface area contributed by atoms with Crippen molar-refractivity contribution >= 4 is 11.9 Å². The molecule has 0 radical (unpaired) electrons. The minimum absolute atomic E-state index is 0.0234. The van der Waals surface area contributed by atoms with Crippen molar-refractivity contribution in [1.82, 2.24) is 0 Å². The number of carbonyl (C=O) groups is 2. The number of ether oxygens (including phenoxy) is 2. The molecule has 0 saturated carbocycles. The molecule has 0 fully saturated rings. The van der Waals surface area contributed by atoms with Crippen LogP contribution in [0, 0.1) is 0 Å². The third kappa shape index (κ3) is 19.9. The maximum absolute atomic E-state index is 11.6. The summed E-state index contributed by atoms with van der Waals surface area (Å²) >= 11 is 0. The lowest BCUT2D eigenvalue weighted by Gasteiger charge is -2.14. The normalized spacial score (nSPS) is 16.2. The van der Waals surface area contributed by atoms with E-state index >= 15 is 0 Å². The van der Waals surface area contributed by atoms with Crippen LogP contribution in [-0.2, 0) is 19.1 Å². The fraction of sp³-hybridized carbons (Fsp3) is 0.520. The molecular weight excluding hydrogens is 428 g/mol. The molecule has 8 nitrogen and oxygen atoms in total. The zero-order valence-electron chi connectivity index (χ0n) is 19.5. The van der Waals surface area contributed by atoms with E-state index in [9.17, 15) is 30.0 Å². The maximum Gasteiger partial charge on any atom is 0.305 e. The van der Waals surface area contributed by atoms with Gasteiger partial charge in [0.25, 0.3) is 0 Å². The van der Waals surface area contributed by atoms with Crippen LogP contribution in [0.3, 0.4) is 0 Å². The van der Waals surface area contributed by atoms with E-state index in [0.29, 0.717) is 12.8 Å². The van der Waals surface area contributed by atoms with E-state index < -0.39 is 36.4 Å². The molecule has 0 aliphatic heterocycles. The Labute approximate surface area is 196 Å². The zero-order chi connectivity index (χ0) is 24.9. The molecule has 0 aromatic rings. The summed E-state index contributed by atoms with van der Waals surface area (Å²) in [5.74, 6) is -1.09. The van der Waals surface area contributed by atoms with E-state index in [1.54, 1.807) is 42.5 Å². The minimum atomic E-state index is -1.09. The summed E-state index contributed by atoms with van der Waals surface area (Å²) in [6, 6.07) is 0. The van der Waals surface area contributed by atoms with Crippen LogP contribution in [0.15, 0.2) is 60.8 Å². The first-order valence-corrected chi connectivity index (χ1v) is 11.1. The van der Waals surface area contributed by atoms with Crippen molar-refractivity contribution < 1.29 is 39.5 Å². The fourth-order valence-electron chi connectivity index (χ4n) is 2.39. The van der Waals surface area contributed by atoms with E-state index in [1.807, 2.05) is 19.1 Å². The topological polar surface area (TPSA) is 134 Å². The maximum atomic E-state index is 11.6. The molecule has 0 aliphatic carbocycles. The second kappa shape index (κ2) is 20.1. The second-order valence-electron chi connectivity index (χ2n) is 7.31. The predicted molar refractivity (Wildman–Crippen MR) is 126 cm³/mol. The summed E-state index contributed by atoms with van der Waals surface area (Å²) in [6.45, 7) is 2.71. The van der Waals surface area contributed by atoms with Gasteiger partial charge in [-0.25, -0.2) is 0 Å². The Morgan fingerprint density at radius 1 is 0.848 bits per heavy atom. The molecule has 0 aromatic heterocycles. The van der Waals surface area contributed by atoms with Gasteiger partial charge in [0, 0.05) is 13.3 Å². The molecule has 33 heavy (non-hydrogen) atoms. The smallest absolute Gasteiger partial charge is 0.305 e. The first kappa shape index (κ1) is 30.5.